The van der Waals surface area contributed by atoms with Gasteiger partial charge in [-0.25, -0.2) is 5.26 Å². The molecule has 0 heterocycles. The average Bonchev–Trinajstić information content (AvgIpc) is 2.38. The molecule has 2 aromatic rings. The highest BCUT2D eigenvalue weighted by Crippen LogP contribution is 2.36. The smallest absolute Gasteiger partial charge is 0.176 e. The molecule has 0 bridgehead atoms. The van der Waals surface area contributed by atoms with Crippen molar-refractivity contribution < 1.29 is 10.1 Å². The Balaban J connectivity index is 2.59. The maximum atomic E-state index is 9.11. The number of rotatable bonds is 3. The van der Waals surface area contributed by atoms with E-state index in [2.05, 4.69) is 18.7 Å². The van der Waals surface area contributed by atoms with Crippen LogP contribution in [0.5, 0.6) is 5.75 Å². The van der Waals surface area contributed by atoms with E-state index < -0.39 is 0 Å². The van der Waals surface area contributed by atoms with E-state index in [-0.39, 0.29) is 0 Å². The molecule has 0 aliphatic heterocycles. The third kappa shape index (κ3) is 2.32. The molecule has 0 atom stereocenters. The van der Waals surface area contributed by atoms with Crippen LogP contribution in [0, 0.1) is 0 Å². The molecule has 0 saturated carbocycles. The van der Waals surface area contributed by atoms with Crippen LogP contribution in [-0.2, 0) is 0 Å². The molecule has 0 amide bonds. The van der Waals surface area contributed by atoms with Gasteiger partial charge in [0.1, 0.15) is 0 Å². The molecule has 0 unspecified atom stereocenters. The van der Waals surface area contributed by atoms with Crippen LogP contribution in [0.2, 0.25) is 0 Å². The van der Waals surface area contributed by atoms with Crippen LogP contribution in [0.3, 0.4) is 0 Å². The Morgan fingerprint density at radius 2 is 1.65 bits per heavy atom. The number of hydrogen-bond donors (Lipinski definition) is 1. The Labute approximate surface area is 101 Å². The highest BCUT2D eigenvalue weighted by Gasteiger charge is 2.13. The summed E-state index contributed by atoms with van der Waals surface area (Å²) in [7, 11) is 0. The number of para-hydroxylation sites is 1. The van der Waals surface area contributed by atoms with Gasteiger partial charge in [-0.15, -0.1) is 0 Å². The van der Waals surface area contributed by atoms with Crippen LogP contribution in [-0.4, -0.2) is 5.26 Å². The molecule has 88 valence electrons. The van der Waals surface area contributed by atoms with E-state index in [0.717, 1.165) is 16.7 Å². The Kier molecular flexibility index (Phi) is 3.45. The van der Waals surface area contributed by atoms with Gasteiger partial charge in [-0.2, -0.15) is 0 Å². The standard InChI is InChI=1S/C15H16O2/c1-11(2)13-9-6-10-14(15(13)17-16)12-7-4-3-5-8-12/h3-11,16H,1-2H3. The lowest BCUT2D eigenvalue weighted by molar-refractivity contribution is -0.137. The predicted octanol–water partition coefficient (Wildman–Crippen LogP) is 4.33. The van der Waals surface area contributed by atoms with E-state index in [9.17, 15) is 0 Å². The van der Waals surface area contributed by atoms with E-state index in [0.29, 0.717) is 11.7 Å². The third-order valence-electron chi connectivity index (χ3n) is 2.84. The van der Waals surface area contributed by atoms with Gasteiger partial charge < -0.3 is 4.89 Å². The van der Waals surface area contributed by atoms with Crippen molar-refractivity contribution in [3.05, 3.63) is 54.1 Å². The summed E-state index contributed by atoms with van der Waals surface area (Å²) in [5, 5.41) is 9.11. The largest absolute Gasteiger partial charge is 0.339 e. The first-order valence-electron chi connectivity index (χ1n) is 5.73. The normalized spacial score (nSPS) is 10.6. The Hall–Kier alpha value is -1.80. The molecule has 2 heteroatoms. The van der Waals surface area contributed by atoms with Crippen molar-refractivity contribution in [3.63, 3.8) is 0 Å². The SMILES string of the molecule is CC(C)c1cccc(-c2ccccc2)c1OO. The first-order valence-corrected chi connectivity index (χ1v) is 5.73. The summed E-state index contributed by atoms with van der Waals surface area (Å²) in [6, 6.07) is 15.8. The number of hydrogen-bond acceptors (Lipinski definition) is 2. The van der Waals surface area contributed by atoms with Crippen molar-refractivity contribution in [1.82, 2.24) is 0 Å². The van der Waals surface area contributed by atoms with Crippen LogP contribution in [0.4, 0.5) is 0 Å². The van der Waals surface area contributed by atoms with Gasteiger partial charge in [0.25, 0.3) is 0 Å². The molecule has 0 radical (unpaired) electrons. The number of benzene rings is 2. The molecule has 0 aliphatic rings. The van der Waals surface area contributed by atoms with E-state index in [1.54, 1.807) is 0 Å². The highest BCUT2D eigenvalue weighted by atomic mass is 17.1. The Morgan fingerprint density at radius 3 is 2.24 bits per heavy atom. The molecule has 0 aliphatic carbocycles. The van der Waals surface area contributed by atoms with E-state index in [1.807, 2.05) is 48.5 Å². The van der Waals surface area contributed by atoms with E-state index in [4.69, 9.17) is 5.26 Å². The average molecular weight is 228 g/mol. The van der Waals surface area contributed by atoms with Gasteiger partial charge >= 0.3 is 0 Å². The second-order valence-corrected chi connectivity index (χ2v) is 4.34. The first-order chi connectivity index (χ1) is 8.24. The fourth-order valence-electron chi connectivity index (χ4n) is 1.96. The summed E-state index contributed by atoms with van der Waals surface area (Å²) in [5.41, 5.74) is 2.97. The lowest BCUT2D eigenvalue weighted by atomic mass is 9.96. The van der Waals surface area contributed by atoms with Crippen LogP contribution in [0.15, 0.2) is 48.5 Å². The molecule has 2 rings (SSSR count). The molecular formula is C15H16O2. The van der Waals surface area contributed by atoms with Crippen LogP contribution in [0.1, 0.15) is 25.3 Å². The van der Waals surface area contributed by atoms with Crippen molar-refractivity contribution in [3.8, 4) is 16.9 Å². The van der Waals surface area contributed by atoms with Gasteiger partial charge in [-0.05, 0) is 11.5 Å². The molecule has 2 aromatic carbocycles. The molecule has 0 saturated heterocycles. The minimum absolute atomic E-state index is 0.306. The zero-order valence-electron chi connectivity index (χ0n) is 10.1. The molecule has 2 nitrogen and oxygen atoms in total. The van der Waals surface area contributed by atoms with Gasteiger partial charge in [0.05, 0.1) is 0 Å². The maximum Gasteiger partial charge on any atom is 0.176 e. The summed E-state index contributed by atoms with van der Waals surface area (Å²) in [6.45, 7) is 4.15. The van der Waals surface area contributed by atoms with Gasteiger partial charge in [0.2, 0.25) is 0 Å². The summed E-state index contributed by atoms with van der Waals surface area (Å²) in [5.74, 6) is 0.856. The first kappa shape index (κ1) is 11.7. The monoisotopic (exact) mass is 228 g/mol. The summed E-state index contributed by atoms with van der Waals surface area (Å²) in [6.07, 6.45) is 0. The summed E-state index contributed by atoms with van der Waals surface area (Å²) < 4.78 is 0. The quantitative estimate of drug-likeness (QED) is 0.626. The minimum Gasteiger partial charge on any atom is -0.339 e. The second-order valence-electron chi connectivity index (χ2n) is 4.34. The Morgan fingerprint density at radius 1 is 0.941 bits per heavy atom. The van der Waals surface area contributed by atoms with Crippen molar-refractivity contribution in [2.45, 2.75) is 19.8 Å². The van der Waals surface area contributed by atoms with Gasteiger partial charge in [-0.1, -0.05) is 62.4 Å². The molecular weight excluding hydrogens is 212 g/mol. The maximum absolute atomic E-state index is 9.11. The third-order valence-corrected chi connectivity index (χ3v) is 2.84. The van der Waals surface area contributed by atoms with Crippen LogP contribution >= 0.6 is 0 Å². The lowest BCUT2D eigenvalue weighted by Crippen LogP contribution is -1.96. The zero-order chi connectivity index (χ0) is 12.3. The molecule has 0 fully saturated rings. The van der Waals surface area contributed by atoms with Crippen LogP contribution < -0.4 is 4.89 Å². The highest BCUT2D eigenvalue weighted by molar-refractivity contribution is 5.72. The molecule has 0 aromatic heterocycles. The fourth-order valence-corrected chi connectivity index (χ4v) is 1.96. The molecule has 1 N–H and O–H groups in total. The van der Waals surface area contributed by atoms with Gasteiger partial charge in [0, 0.05) is 11.1 Å². The summed E-state index contributed by atoms with van der Waals surface area (Å²) >= 11 is 0. The molecule has 17 heavy (non-hydrogen) atoms. The topological polar surface area (TPSA) is 29.5 Å². The second kappa shape index (κ2) is 5.02. The van der Waals surface area contributed by atoms with Crippen molar-refractivity contribution >= 4 is 0 Å². The van der Waals surface area contributed by atoms with E-state index >= 15 is 0 Å². The fraction of sp³-hybridized carbons (Fsp3) is 0.200. The van der Waals surface area contributed by atoms with E-state index in [1.165, 1.54) is 0 Å². The zero-order valence-corrected chi connectivity index (χ0v) is 10.1. The van der Waals surface area contributed by atoms with Crippen molar-refractivity contribution in [1.29, 1.82) is 0 Å². The van der Waals surface area contributed by atoms with Gasteiger partial charge in [-0.3, -0.25) is 0 Å². The predicted molar refractivity (Wildman–Crippen MR) is 69.2 cm³/mol. The minimum atomic E-state index is 0.306. The lowest BCUT2D eigenvalue weighted by Gasteiger charge is -2.14. The molecule has 0 spiro atoms. The van der Waals surface area contributed by atoms with Crippen molar-refractivity contribution in [2.24, 2.45) is 0 Å². The van der Waals surface area contributed by atoms with Gasteiger partial charge in [0.15, 0.2) is 5.75 Å². The van der Waals surface area contributed by atoms with Crippen molar-refractivity contribution in [2.75, 3.05) is 0 Å². The summed E-state index contributed by atoms with van der Waals surface area (Å²) in [4.78, 5) is 4.59. The Bertz CT molecular complexity index is 490. The van der Waals surface area contributed by atoms with Crippen LogP contribution in [0.25, 0.3) is 11.1 Å².